The molecule has 6 heteroatoms. The van der Waals surface area contributed by atoms with Crippen molar-refractivity contribution in [3.63, 3.8) is 0 Å². The third-order valence-electron chi connectivity index (χ3n) is 3.33. The SMILES string of the molecule is CCn1cc(NC(=O)NCCCC(C)(C)CO)ccc1=O. The molecule has 0 unspecified atom stereocenters. The number of aryl methyl sites for hydroxylation is 1. The maximum absolute atomic E-state index is 11.7. The molecule has 0 aromatic carbocycles. The summed E-state index contributed by atoms with van der Waals surface area (Å²) in [5, 5.41) is 14.6. The molecule has 0 bridgehead atoms. The third kappa shape index (κ3) is 5.99. The minimum atomic E-state index is -0.293. The summed E-state index contributed by atoms with van der Waals surface area (Å²) >= 11 is 0. The second kappa shape index (κ2) is 7.83. The highest BCUT2D eigenvalue weighted by molar-refractivity contribution is 5.88. The van der Waals surface area contributed by atoms with Gasteiger partial charge in [-0.05, 0) is 31.2 Å². The molecule has 0 saturated carbocycles. The lowest BCUT2D eigenvalue weighted by Gasteiger charge is -2.21. The Kier molecular flexibility index (Phi) is 6.42. The van der Waals surface area contributed by atoms with Crippen LogP contribution in [0.4, 0.5) is 10.5 Å². The fourth-order valence-electron chi connectivity index (χ4n) is 1.88. The fraction of sp³-hybridized carbons (Fsp3) is 0.600. The van der Waals surface area contributed by atoms with Crippen molar-refractivity contribution in [1.29, 1.82) is 0 Å². The Morgan fingerprint density at radius 2 is 2.10 bits per heavy atom. The van der Waals surface area contributed by atoms with Crippen LogP contribution in [0.2, 0.25) is 0 Å². The molecule has 1 aromatic heterocycles. The summed E-state index contributed by atoms with van der Waals surface area (Å²) in [6, 6.07) is 2.73. The van der Waals surface area contributed by atoms with Crippen molar-refractivity contribution in [3.8, 4) is 0 Å². The zero-order valence-corrected chi connectivity index (χ0v) is 13.0. The number of aliphatic hydroxyl groups excluding tert-OH is 1. The number of anilines is 1. The summed E-state index contributed by atoms with van der Waals surface area (Å²) in [7, 11) is 0. The molecule has 0 atom stereocenters. The van der Waals surface area contributed by atoms with Crippen LogP contribution in [0.5, 0.6) is 0 Å². The number of aromatic nitrogens is 1. The second-order valence-corrected chi connectivity index (χ2v) is 5.85. The quantitative estimate of drug-likeness (QED) is 0.671. The van der Waals surface area contributed by atoms with Gasteiger partial charge in [0, 0.05) is 32.0 Å². The summed E-state index contributed by atoms with van der Waals surface area (Å²) in [4.78, 5) is 23.2. The highest BCUT2D eigenvalue weighted by atomic mass is 16.3. The predicted octanol–water partition coefficient (Wildman–Crippen LogP) is 1.79. The van der Waals surface area contributed by atoms with E-state index in [-0.39, 0.29) is 23.6 Å². The first-order chi connectivity index (χ1) is 9.88. The standard InChI is InChI=1S/C15H25N3O3/c1-4-18-10-12(6-7-13(18)20)17-14(21)16-9-5-8-15(2,3)11-19/h6-7,10,19H,4-5,8-9,11H2,1-3H3,(H2,16,17,21). The molecule has 21 heavy (non-hydrogen) atoms. The molecule has 1 aromatic rings. The molecule has 1 heterocycles. The van der Waals surface area contributed by atoms with Gasteiger partial charge in [-0.25, -0.2) is 4.79 Å². The van der Waals surface area contributed by atoms with Gasteiger partial charge in [-0.1, -0.05) is 13.8 Å². The second-order valence-electron chi connectivity index (χ2n) is 5.85. The number of nitrogens with one attached hydrogen (secondary N) is 2. The van der Waals surface area contributed by atoms with E-state index in [0.717, 1.165) is 12.8 Å². The van der Waals surface area contributed by atoms with Crippen LogP contribution in [0.3, 0.4) is 0 Å². The van der Waals surface area contributed by atoms with Gasteiger partial charge in [0.15, 0.2) is 0 Å². The van der Waals surface area contributed by atoms with E-state index >= 15 is 0 Å². The summed E-state index contributed by atoms with van der Waals surface area (Å²) in [5.74, 6) is 0. The van der Waals surface area contributed by atoms with Crippen LogP contribution in [-0.2, 0) is 6.54 Å². The average molecular weight is 295 g/mol. The molecule has 118 valence electrons. The molecule has 6 nitrogen and oxygen atoms in total. The highest BCUT2D eigenvalue weighted by Crippen LogP contribution is 2.20. The third-order valence-corrected chi connectivity index (χ3v) is 3.33. The normalized spacial score (nSPS) is 11.2. The lowest BCUT2D eigenvalue weighted by molar-refractivity contribution is 0.148. The van der Waals surface area contributed by atoms with Gasteiger partial charge in [0.2, 0.25) is 0 Å². The Morgan fingerprint density at radius 1 is 1.38 bits per heavy atom. The van der Waals surface area contributed by atoms with Crippen molar-refractivity contribution in [2.75, 3.05) is 18.5 Å². The van der Waals surface area contributed by atoms with Crippen molar-refractivity contribution in [1.82, 2.24) is 9.88 Å². The molecule has 0 spiro atoms. The number of pyridine rings is 1. The number of rotatable bonds is 7. The monoisotopic (exact) mass is 295 g/mol. The van der Waals surface area contributed by atoms with Crippen molar-refractivity contribution in [2.24, 2.45) is 5.41 Å². The van der Waals surface area contributed by atoms with Gasteiger partial charge in [-0.2, -0.15) is 0 Å². The smallest absolute Gasteiger partial charge is 0.319 e. The first-order valence-corrected chi connectivity index (χ1v) is 7.24. The van der Waals surface area contributed by atoms with Crippen molar-refractivity contribution >= 4 is 11.7 Å². The zero-order chi connectivity index (χ0) is 15.9. The minimum Gasteiger partial charge on any atom is -0.396 e. The lowest BCUT2D eigenvalue weighted by atomic mass is 9.89. The van der Waals surface area contributed by atoms with Gasteiger partial charge < -0.3 is 20.3 Å². The number of amides is 2. The fourth-order valence-corrected chi connectivity index (χ4v) is 1.88. The molecule has 0 radical (unpaired) electrons. The van der Waals surface area contributed by atoms with E-state index in [2.05, 4.69) is 10.6 Å². The van der Waals surface area contributed by atoms with Crippen molar-refractivity contribution < 1.29 is 9.90 Å². The molecule has 0 fully saturated rings. The average Bonchev–Trinajstić information content (AvgIpc) is 2.45. The number of carbonyl (C=O) groups is 1. The molecule has 0 aliphatic carbocycles. The number of urea groups is 1. The van der Waals surface area contributed by atoms with Crippen LogP contribution in [-0.4, -0.2) is 28.9 Å². The molecule has 3 N–H and O–H groups in total. The Hall–Kier alpha value is -1.82. The Balaban J connectivity index is 2.39. The van der Waals surface area contributed by atoms with Gasteiger partial charge in [-0.15, -0.1) is 0 Å². The first-order valence-electron chi connectivity index (χ1n) is 7.24. The van der Waals surface area contributed by atoms with Gasteiger partial charge in [0.1, 0.15) is 0 Å². The number of hydrogen-bond acceptors (Lipinski definition) is 3. The van der Waals surface area contributed by atoms with Gasteiger partial charge in [0.25, 0.3) is 5.56 Å². The van der Waals surface area contributed by atoms with E-state index in [1.807, 2.05) is 20.8 Å². The molecule has 2 amide bonds. The van der Waals surface area contributed by atoms with E-state index in [9.17, 15) is 9.59 Å². The summed E-state index contributed by atoms with van der Waals surface area (Å²) in [5.41, 5.74) is 0.383. The molecular weight excluding hydrogens is 270 g/mol. The van der Waals surface area contributed by atoms with Crippen LogP contribution >= 0.6 is 0 Å². The van der Waals surface area contributed by atoms with Gasteiger partial charge >= 0.3 is 6.03 Å². The van der Waals surface area contributed by atoms with Crippen LogP contribution in [0.1, 0.15) is 33.6 Å². The maximum atomic E-state index is 11.7. The van der Waals surface area contributed by atoms with Crippen LogP contribution in [0, 0.1) is 5.41 Å². The maximum Gasteiger partial charge on any atom is 0.319 e. The minimum absolute atomic E-state index is 0.0882. The van der Waals surface area contributed by atoms with E-state index in [1.54, 1.807) is 12.3 Å². The van der Waals surface area contributed by atoms with Crippen LogP contribution in [0.25, 0.3) is 0 Å². The highest BCUT2D eigenvalue weighted by Gasteiger charge is 2.15. The lowest BCUT2D eigenvalue weighted by Crippen LogP contribution is -2.31. The molecule has 1 rings (SSSR count). The number of hydrogen-bond donors (Lipinski definition) is 3. The van der Waals surface area contributed by atoms with E-state index in [1.165, 1.54) is 10.6 Å². The van der Waals surface area contributed by atoms with Crippen LogP contribution < -0.4 is 16.2 Å². The van der Waals surface area contributed by atoms with E-state index < -0.39 is 0 Å². The summed E-state index contributed by atoms with van der Waals surface area (Å²) in [6.07, 6.45) is 3.26. The molecule has 0 aliphatic heterocycles. The molecular formula is C15H25N3O3. The first kappa shape index (κ1) is 17.2. The zero-order valence-electron chi connectivity index (χ0n) is 13.0. The van der Waals surface area contributed by atoms with Crippen molar-refractivity contribution in [2.45, 2.75) is 40.2 Å². The summed E-state index contributed by atoms with van der Waals surface area (Å²) in [6.45, 7) is 7.09. The number of nitrogens with zero attached hydrogens (tertiary/aromatic N) is 1. The number of carbonyl (C=O) groups excluding carboxylic acids is 1. The van der Waals surface area contributed by atoms with Gasteiger partial charge in [-0.3, -0.25) is 4.79 Å². The predicted molar refractivity (Wildman–Crippen MR) is 83.5 cm³/mol. The Morgan fingerprint density at radius 3 is 2.71 bits per heavy atom. The molecule has 0 saturated heterocycles. The Bertz CT molecular complexity index is 523. The van der Waals surface area contributed by atoms with Crippen molar-refractivity contribution in [3.05, 3.63) is 28.7 Å². The van der Waals surface area contributed by atoms with E-state index in [4.69, 9.17) is 5.11 Å². The number of aliphatic hydroxyl groups is 1. The van der Waals surface area contributed by atoms with E-state index in [0.29, 0.717) is 18.8 Å². The largest absolute Gasteiger partial charge is 0.396 e. The topological polar surface area (TPSA) is 83.4 Å². The van der Waals surface area contributed by atoms with Gasteiger partial charge in [0.05, 0.1) is 5.69 Å². The molecule has 0 aliphatic rings. The van der Waals surface area contributed by atoms with Crippen LogP contribution in [0.15, 0.2) is 23.1 Å². The summed E-state index contributed by atoms with van der Waals surface area (Å²) < 4.78 is 1.53. The Labute approximate surface area is 125 Å².